The van der Waals surface area contributed by atoms with Gasteiger partial charge in [0.1, 0.15) is 17.7 Å². The smallest absolute Gasteiger partial charge is 0.410 e. The van der Waals surface area contributed by atoms with Gasteiger partial charge >= 0.3 is 12.1 Å². The van der Waals surface area contributed by atoms with Gasteiger partial charge in [-0.1, -0.05) is 84.9 Å². The minimum absolute atomic E-state index is 0.0301. The van der Waals surface area contributed by atoms with Crippen molar-refractivity contribution in [2.24, 2.45) is 11.3 Å². The van der Waals surface area contributed by atoms with Gasteiger partial charge in [-0.2, -0.15) is 0 Å². The van der Waals surface area contributed by atoms with Crippen LogP contribution in [-0.2, 0) is 29.3 Å². The zero-order valence-electron chi connectivity index (χ0n) is 29.5. The monoisotopic (exact) mass is 615 g/mol. The third-order valence-corrected chi connectivity index (χ3v) is 8.24. The molecular formula is C35H57N3O6. The lowest BCUT2D eigenvalue weighted by Crippen LogP contribution is -2.63. The molecule has 0 fully saturated rings. The number of carbonyl (C=O) groups is 4. The standard InChI is InChI=1S/C35H57N3O6/c1-15-34(9,10)27(30(40)37(13)26(23(3)4)22-24(5)31(41)43-16-2)36-29(39)28(38(14)32(42)44-33(6,7)8)35(11,12)25-20-18-17-19-21-25/h17-23,26-28H,15-16H2,1-14H3,(H,36,39)/b24-22+/t26-,27-,28-/m1/s1. The van der Waals surface area contributed by atoms with Crippen molar-refractivity contribution in [3.05, 3.63) is 47.5 Å². The van der Waals surface area contributed by atoms with E-state index in [9.17, 15) is 19.2 Å². The third-order valence-electron chi connectivity index (χ3n) is 8.24. The molecule has 0 aromatic heterocycles. The molecule has 0 aliphatic rings. The summed E-state index contributed by atoms with van der Waals surface area (Å²) in [7, 11) is 3.24. The summed E-state index contributed by atoms with van der Waals surface area (Å²) >= 11 is 0. The molecule has 248 valence electrons. The van der Waals surface area contributed by atoms with Gasteiger partial charge < -0.3 is 19.7 Å². The van der Waals surface area contributed by atoms with Gasteiger partial charge in [0.2, 0.25) is 11.8 Å². The predicted molar refractivity (Wildman–Crippen MR) is 175 cm³/mol. The van der Waals surface area contributed by atoms with E-state index in [1.165, 1.54) is 4.90 Å². The van der Waals surface area contributed by atoms with Gasteiger partial charge in [0.05, 0.1) is 12.6 Å². The lowest BCUT2D eigenvalue weighted by Gasteiger charge is -2.43. The molecule has 1 aromatic carbocycles. The molecule has 1 aromatic rings. The van der Waals surface area contributed by atoms with Crippen LogP contribution in [-0.4, -0.2) is 78.1 Å². The maximum Gasteiger partial charge on any atom is 0.410 e. The lowest BCUT2D eigenvalue weighted by molar-refractivity contribution is -0.142. The number of nitrogens with one attached hydrogen (secondary N) is 1. The minimum atomic E-state index is -1.01. The minimum Gasteiger partial charge on any atom is -0.463 e. The molecule has 3 amide bonds. The summed E-state index contributed by atoms with van der Waals surface area (Å²) in [6.07, 6.45) is 1.70. The van der Waals surface area contributed by atoms with Crippen LogP contribution in [0.4, 0.5) is 4.79 Å². The van der Waals surface area contributed by atoms with Gasteiger partial charge in [-0.3, -0.25) is 14.5 Å². The van der Waals surface area contributed by atoms with Crippen molar-refractivity contribution in [1.29, 1.82) is 0 Å². The van der Waals surface area contributed by atoms with Crippen LogP contribution in [0, 0.1) is 11.3 Å². The molecule has 0 saturated heterocycles. The van der Waals surface area contributed by atoms with Crippen LogP contribution in [0.3, 0.4) is 0 Å². The maximum atomic E-state index is 14.4. The van der Waals surface area contributed by atoms with Crippen LogP contribution < -0.4 is 5.32 Å². The molecule has 0 saturated carbocycles. The fourth-order valence-corrected chi connectivity index (χ4v) is 5.14. The van der Waals surface area contributed by atoms with Crippen LogP contribution in [0.2, 0.25) is 0 Å². The van der Waals surface area contributed by atoms with Crippen molar-refractivity contribution in [1.82, 2.24) is 15.1 Å². The van der Waals surface area contributed by atoms with E-state index in [0.717, 1.165) is 5.56 Å². The summed E-state index contributed by atoms with van der Waals surface area (Å²) < 4.78 is 10.8. The Hall–Kier alpha value is -3.36. The van der Waals surface area contributed by atoms with E-state index in [1.54, 1.807) is 59.7 Å². The molecule has 0 spiro atoms. The van der Waals surface area contributed by atoms with Crippen LogP contribution in [0.25, 0.3) is 0 Å². The second-order valence-electron chi connectivity index (χ2n) is 14.1. The van der Waals surface area contributed by atoms with Crippen molar-refractivity contribution >= 4 is 23.9 Å². The summed E-state index contributed by atoms with van der Waals surface area (Å²) in [5.74, 6) is -1.24. The van der Waals surface area contributed by atoms with E-state index in [-0.39, 0.29) is 18.4 Å². The van der Waals surface area contributed by atoms with Gasteiger partial charge in [-0.15, -0.1) is 0 Å². The van der Waals surface area contributed by atoms with Crippen molar-refractivity contribution in [3.63, 3.8) is 0 Å². The van der Waals surface area contributed by atoms with Gasteiger partial charge in [-0.25, -0.2) is 9.59 Å². The van der Waals surface area contributed by atoms with Gasteiger partial charge in [0, 0.05) is 25.1 Å². The van der Waals surface area contributed by atoms with Gasteiger partial charge in [0.25, 0.3) is 0 Å². The Kier molecular flexibility index (Phi) is 13.7. The van der Waals surface area contributed by atoms with Crippen LogP contribution in [0.15, 0.2) is 42.0 Å². The molecule has 44 heavy (non-hydrogen) atoms. The number of nitrogens with zero attached hydrogens (tertiary/aromatic N) is 2. The van der Waals surface area contributed by atoms with Crippen LogP contribution >= 0.6 is 0 Å². The number of rotatable bonds is 13. The zero-order chi connectivity index (χ0) is 34.2. The normalized spacial score (nSPS) is 14.8. The number of benzene rings is 1. The highest BCUT2D eigenvalue weighted by atomic mass is 16.6. The first-order chi connectivity index (χ1) is 20.1. The molecule has 0 aliphatic carbocycles. The fourth-order valence-electron chi connectivity index (χ4n) is 5.14. The molecule has 1 N–H and O–H groups in total. The highest BCUT2D eigenvalue weighted by Crippen LogP contribution is 2.33. The van der Waals surface area contributed by atoms with E-state index < -0.39 is 52.5 Å². The average Bonchev–Trinajstić information content (AvgIpc) is 2.93. The largest absolute Gasteiger partial charge is 0.463 e. The molecule has 0 radical (unpaired) electrons. The summed E-state index contributed by atoms with van der Waals surface area (Å²) in [5.41, 5.74) is -1.01. The zero-order valence-corrected chi connectivity index (χ0v) is 29.5. The SMILES string of the molecule is CCOC(=O)/C(C)=C/[C@H](C(C)C)N(C)C(=O)[C@@H](NC(=O)[C@@H](N(C)C(=O)OC(C)(C)C)C(C)(C)c1ccccc1)C(C)(C)CC. The second kappa shape index (κ2) is 15.6. The molecule has 0 bridgehead atoms. The van der Waals surface area contributed by atoms with E-state index in [0.29, 0.717) is 12.0 Å². The molecule has 3 atom stereocenters. The molecule has 0 unspecified atom stereocenters. The van der Waals surface area contributed by atoms with Gasteiger partial charge in [0.15, 0.2) is 0 Å². The summed E-state index contributed by atoms with van der Waals surface area (Å²) in [4.78, 5) is 57.3. The first-order valence-electron chi connectivity index (χ1n) is 15.6. The summed E-state index contributed by atoms with van der Waals surface area (Å²) in [6, 6.07) is 7.13. The molecule has 0 aliphatic heterocycles. The highest BCUT2D eigenvalue weighted by molar-refractivity contribution is 5.93. The quantitative estimate of drug-likeness (QED) is 0.212. The summed E-state index contributed by atoms with van der Waals surface area (Å²) in [6.45, 7) is 22.6. The Morgan fingerprint density at radius 1 is 0.909 bits per heavy atom. The first kappa shape index (κ1) is 38.7. The van der Waals surface area contributed by atoms with E-state index in [2.05, 4.69) is 5.32 Å². The number of likely N-dealkylation sites (N-methyl/N-ethyl adjacent to an activating group) is 2. The molecular weight excluding hydrogens is 558 g/mol. The Bertz CT molecular complexity index is 1170. The van der Waals surface area contributed by atoms with E-state index >= 15 is 0 Å². The van der Waals surface area contributed by atoms with Crippen molar-refractivity contribution in [2.75, 3.05) is 20.7 Å². The Morgan fingerprint density at radius 3 is 1.91 bits per heavy atom. The van der Waals surface area contributed by atoms with Crippen molar-refractivity contribution in [3.8, 4) is 0 Å². The third kappa shape index (κ3) is 10.1. The second-order valence-corrected chi connectivity index (χ2v) is 14.1. The molecule has 9 heteroatoms. The highest BCUT2D eigenvalue weighted by Gasteiger charge is 2.46. The maximum absolute atomic E-state index is 14.4. The van der Waals surface area contributed by atoms with Crippen LogP contribution in [0.5, 0.6) is 0 Å². The molecule has 1 rings (SSSR count). The number of amides is 3. The number of esters is 1. The Labute approximate surface area is 265 Å². The lowest BCUT2D eigenvalue weighted by atomic mass is 9.75. The molecule has 9 nitrogen and oxygen atoms in total. The molecule has 0 heterocycles. The van der Waals surface area contributed by atoms with E-state index in [4.69, 9.17) is 9.47 Å². The van der Waals surface area contributed by atoms with Gasteiger partial charge in [-0.05, 0) is 57.9 Å². The number of ether oxygens (including phenoxy) is 2. The summed E-state index contributed by atoms with van der Waals surface area (Å²) in [5, 5.41) is 3.06. The fraction of sp³-hybridized carbons (Fsp3) is 0.657. The average molecular weight is 616 g/mol. The van der Waals surface area contributed by atoms with Crippen LogP contribution in [0.1, 0.15) is 95.1 Å². The predicted octanol–water partition coefficient (Wildman–Crippen LogP) is 6.11. The van der Waals surface area contributed by atoms with Crippen molar-refractivity contribution in [2.45, 2.75) is 119 Å². The first-order valence-corrected chi connectivity index (χ1v) is 15.6. The number of carbonyl (C=O) groups excluding carboxylic acids is 4. The topological polar surface area (TPSA) is 105 Å². The Balaban J connectivity index is 3.65. The number of hydrogen-bond donors (Lipinski definition) is 1. The number of hydrogen-bond acceptors (Lipinski definition) is 6. The van der Waals surface area contributed by atoms with E-state index in [1.807, 2.05) is 78.8 Å². The Morgan fingerprint density at radius 2 is 1.45 bits per heavy atom. The van der Waals surface area contributed by atoms with Crippen molar-refractivity contribution < 1.29 is 28.7 Å².